The highest BCUT2D eigenvalue weighted by Crippen LogP contribution is 2.37. The van der Waals surface area contributed by atoms with Gasteiger partial charge in [-0.2, -0.15) is 0 Å². The zero-order valence-corrected chi connectivity index (χ0v) is 10.2. The Labute approximate surface area is 103 Å². The molecular formula is C10H13O7P. The van der Waals surface area contributed by atoms with Crippen molar-refractivity contribution in [1.29, 1.82) is 0 Å². The standard InChI is InChI=1S/C10H13O7P/c11-10(12)9(17-18(13,14)15)7-16-6-8-4-2-1-3-5-8/h1-5,9H,6-7H2,(H,11,12)(H2,13,14,15)/t9-/m1/s1. The van der Waals surface area contributed by atoms with Gasteiger partial charge in [0.05, 0.1) is 13.2 Å². The van der Waals surface area contributed by atoms with Gasteiger partial charge in [-0.05, 0) is 5.56 Å². The van der Waals surface area contributed by atoms with Gasteiger partial charge in [0.15, 0.2) is 6.10 Å². The minimum Gasteiger partial charge on any atom is -0.479 e. The Kier molecular flexibility index (Phi) is 5.46. The molecule has 0 aliphatic rings. The van der Waals surface area contributed by atoms with Crippen LogP contribution < -0.4 is 0 Å². The summed E-state index contributed by atoms with van der Waals surface area (Å²) in [5.74, 6) is -1.49. The molecule has 0 fully saturated rings. The lowest BCUT2D eigenvalue weighted by atomic mass is 10.2. The van der Waals surface area contributed by atoms with Gasteiger partial charge in [0.25, 0.3) is 0 Å². The van der Waals surface area contributed by atoms with Gasteiger partial charge in [-0.3, -0.25) is 4.52 Å². The molecule has 1 atom stereocenters. The summed E-state index contributed by atoms with van der Waals surface area (Å²) in [5.41, 5.74) is 0.817. The van der Waals surface area contributed by atoms with Gasteiger partial charge in [-0.1, -0.05) is 30.3 Å². The Morgan fingerprint density at radius 1 is 1.28 bits per heavy atom. The van der Waals surface area contributed by atoms with Crippen LogP contribution in [0.2, 0.25) is 0 Å². The molecule has 0 radical (unpaired) electrons. The SMILES string of the molecule is O=C(O)[C@@H](COCc1ccccc1)OP(=O)(O)O. The van der Waals surface area contributed by atoms with Crippen LogP contribution in [0.5, 0.6) is 0 Å². The number of rotatable bonds is 7. The largest absolute Gasteiger partial charge is 0.479 e. The van der Waals surface area contributed by atoms with E-state index in [0.717, 1.165) is 5.56 Å². The van der Waals surface area contributed by atoms with Crippen LogP contribution in [0.3, 0.4) is 0 Å². The van der Waals surface area contributed by atoms with Crippen molar-refractivity contribution in [1.82, 2.24) is 0 Å². The second-order valence-corrected chi connectivity index (χ2v) is 4.62. The summed E-state index contributed by atoms with van der Waals surface area (Å²) in [5, 5.41) is 8.69. The number of hydrogen-bond acceptors (Lipinski definition) is 4. The van der Waals surface area contributed by atoms with Gasteiger partial charge < -0.3 is 19.6 Å². The van der Waals surface area contributed by atoms with Crippen molar-refractivity contribution in [2.24, 2.45) is 0 Å². The topological polar surface area (TPSA) is 113 Å². The molecule has 100 valence electrons. The molecule has 3 N–H and O–H groups in total. The predicted molar refractivity (Wildman–Crippen MR) is 60.7 cm³/mol. The zero-order chi connectivity index (χ0) is 13.6. The van der Waals surface area contributed by atoms with Crippen LogP contribution in [-0.2, 0) is 25.2 Å². The van der Waals surface area contributed by atoms with Crippen molar-refractivity contribution in [3.05, 3.63) is 35.9 Å². The Morgan fingerprint density at radius 2 is 1.89 bits per heavy atom. The molecule has 0 aliphatic heterocycles. The summed E-state index contributed by atoms with van der Waals surface area (Å²) in [4.78, 5) is 27.7. The summed E-state index contributed by atoms with van der Waals surface area (Å²) >= 11 is 0. The van der Waals surface area contributed by atoms with Crippen molar-refractivity contribution in [3.8, 4) is 0 Å². The summed E-state index contributed by atoms with van der Waals surface area (Å²) in [7, 11) is -4.85. The first-order valence-electron chi connectivity index (χ1n) is 4.97. The van der Waals surface area contributed by atoms with Gasteiger partial charge in [0, 0.05) is 0 Å². The molecule has 0 aromatic heterocycles. The Hall–Kier alpha value is -1.24. The molecule has 0 bridgehead atoms. The summed E-state index contributed by atoms with van der Waals surface area (Å²) < 4.78 is 19.7. The second kappa shape index (κ2) is 6.63. The van der Waals surface area contributed by atoms with E-state index in [9.17, 15) is 9.36 Å². The fourth-order valence-electron chi connectivity index (χ4n) is 1.17. The molecule has 0 amide bonds. The van der Waals surface area contributed by atoms with Crippen LogP contribution in [0.1, 0.15) is 5.56 Å². The average molecular weight is 276 g/mol. The molecule has 0 spiro atoms. The lowest BCUT2D eigenvalue weighted by Crippen LogP contribution is -2.28. The van der Waals surface area contributed by atoms with Crippen LogP contribution in [0.15, 0.2) is 30.3 Å². The maximum atomic E-state index is 10.7. The number of phosphoric acid groups is 1. The van der Waals surface area contributed by atoms with Crippen molar-refractivity contribution >= 4 is 13.8 Å². The maximum absolute atomic E-state index is 10.7. The molecule has 0 heterocycles. The molecule has 1 rings (SSSR count). The van der Waals surface area contributed by atoms with E-state index >= 15 is 0 Å². The number of benzene rings is 1. The van der Waals surface area contributed by atoms with E-state index in [2.05, 4.69) is 4.52 Å². The highest BCUT2D eigenvalue weighted by atomic mass is 31.2. The number of hydrogen-bond donors (Lipinski definition) is 3. The zero-order valence-electron chi connectivity index (χ0n) is 9.30. The molecule has 1 aromatic rings. The third-order valence-corrected chi connectivity index (χ3v) is 2.45. The van der Waals surface area contributed by atoms with E-state index in [1.54, 1.807) is 24.3 Å². The molecule has 0 saturated carbocycles. The first kappa shape index (κ1) is 14.8. The molecular weight excluding hydrogens is 263 g/mol. The first-order valence-corrected chi connectivity index (χ1v) is 6.50. The van der Waals surface area contributed by atoms with E-state index in [0.29, 0.717) is 0 Å². The number of aliphatic carboxylic acids is 1. The molecule has 1 aromatic carbocycles. The van der Waals surface area contributed by atoms with E-state index in [4.69, 9.17) is 19.6 Å². The highest BCUT2D eigenvalue weighted by Gasteiger charge is 2.28. The number of phosphoric ester groups is 1. The van der Waals surface area contributed by atoms with Crippen LogP contribution in [0, 0.1) is 0 Å². The number of carboxylic acids is 1. The second-order valence-electron chi connectivity index (χ2n) is 3.42. The highest BCUT2D eigenvalue weighted by molar-refractivity contribution is 7.46. The van der Waals surface area contributed by atoms with Gasteiger partial charge in [0.2, 0.25) is 0 Å². The Bertz CT molecular complexity index is 427. The normalized spacial score (nSPS) is 13.2. The molecule has 7 nitrogen and oxygen atoms in total. The fraction of sp³-hybridized carbons (Fsp3) is 0.300. The summed E-state index contributed by atoms with van der Waals surface area (Å²) in [6.45, 7) is -0.315. The van der Waals surface area contributed by atoms with E-state index in [-0.39, 0.29) is 6.61 Å². The Balaban J connectivity index is 2.44. The third-order valence-electron chi connectivity index (χ3n) is 1.92. The molecule has 0 unspecified atom stereocenters. The van der Waals surface area contributed by atoms with Gasteiger partial charge in [-0.15, -0.1) is 0 Å². The van der Waals surface area contributed by atoms with Crippen LogP contribution in [0.4, 0.5) is 0 Å². The number of carbonyl (C=O) groups is 1. The molecule has 8 heteroatoms. The van der Waals surface area contributed by atoms with Gasteiger partial charge >= 0.3 is 13.8 Å². The van der Waals surface area contributed by atoms with E-state index in [1.165, 1.54) is 0 Å². The third kappa shape index (κ3) is 5.90. The molecule has 0 saturated heterocycles. The first-order chi connectivity index (χ1) is 8.38. The molecule has 18 heavy (non-hydrogen) atoms. The lowest BCUT2D eigenvalue weighted by Gasteiger charge is -2.14. The number of ether oxygens (including phenoxy) is 1. The van der Waals surface area contributed by atoms with Crippen molar-refractivity contribution < 1.29 is 33.5 Å². The van der Waals surface area contributed by atoms with Gasteiger partial charge in [0.1, 0.15) is 0 Å². The van der Waals surface area contributed by atoms with Crippen LogP contribution >= 0.6 is 7.82 Å². The summed E-state index contributed by atoms with van der Waals surface area (Å²) in [6, 6.07) is 8.96. The van der Waals surface area contributed by atoms with E-state index in [1.807, 2.05) is 6.07 Å². The van der Waals surface area contributed by atoms with Crippen LogP contribution in [0.25, 0.3) is 0 Å². The monoisotopic (exact) mass is 276 g/mol. The van der Waals surface area contributed by atoms with Gasteiger partial charge in [-0.25, -0.2) is 9.36 Å². The molecule has 0 aliphatic carbocycles. The van der Waals surface area contributed by atoms with Crippen LogP contribution in [-0.4, -0.2) is 33.6 Å². The summed E-state index contributed by atoms with van der Waals surface area (Å²) in [6.07, 6.45) is -1.70. The quantitative estimate of drug-likeness (QED) is 0.630. The maximum Gasteiger partial charge on any atom is 0.470 e. The van der Waals surface area contributed by atoms with Crippen molar-refractivity contribution in [2.45, 2.75) is 12.7 Å². The van der Waals surface area contributed by atoms with Crippen molar-refractivity contribution in [2.75, 3.05) is 6.61 Å². The Morgan fingerprint density at radius 3 is 2.39 bits per heavy atom. The smallest absolute Gasteiger partial charge is 0.470 e. The minimum absolute atomic E-state index is 0.134. The number of carboxylic acid groups (broad SMARTS) is 1. The fourth-order valence-corrected chi connectivity index (χ4v) is 1.65. The lowest BCUT2D eigenvalue weighted by molar-refractivity contribution is -0.149. The predicted octanol–water partition coefficient (Wildman–Crippen LogP) is 0.766. The van der Waals surface area contributed by atoms with Crippen molar-refractivity contribution in [3.63, 3.8) is 0 Å². The minimum atomic E-state index is -4.85. The van der Waals surface area contributed by atoms with E-state index < -0.39 is 26.5 Å². The average Bonchev–Trinajstić information content (AvgIpc) is 2.27.